The smallest absolute Gasteiger partial charge is 0.194 e. The minimum Gasteiger partial charge on any atom is -0.397 e. The van der Waals surface area contributed by atoms with Gasteiger partial charge in [-0.1, -0.05) is 35.0 Å². The third-order valence-corrected chi connectivity index (χ3v) is 6.00. The van der Waals surface area contributed by atoms with Crippen LogP contribution in [0.15, 0.2) is 41.4 Å². The number of hydrogen-bond acceptors (Lipinski definition) is 7. The molecule has 0 saturated carbocycles. The topological polar surface area (TPSA) is 97.0 Å². The van der Waals surface area contributed by atoms with E-state index >= 15 is 0 Å². The first-order valence-corrected chi connectivity index (χ1v) is 10.9. The highest BCUT2D eigenvalue weighted by Gasteiger charge is 2.38. The summed E-state index contributed by atoms with van der Waals surface area (Å²) in [5.74, 6) is -4.32. The average molecular weight is 511 g/mol. The zero-order valence-corrected chi connectivity index (χ0v) is 18.6. The van der Waals surface area contributed by atoms with Crippen LogP contribution in [0.25, 0.3) is 5.70 Å². The molecule has 1 heterocycles. The first kappa shape index (κ1) is 25.0. The molecular weight excluding hydrogens is 492 g/mol. The molecule has 0 amide bonds. The molecule has 1 aliphatic heterocycles. The Labute approximate surface area is 196 Å². The third-order valence-electron chi connectivity index (χ3n) is 4.41. The van der Waals surface area contributed by atoms with Crippen molar-refractivity contribution in [3.63, 3.8) is 0 Å². The molecule has 0 bridgehead atoms. The molecule has 4 unspecified atom stereocenters. The van der Waals surface area contributed by atoms with Crippen molar-refractivity contribution < 1.29 is 32.9 Å². The number of halogens is 5. The number of hydrogen-bond donors (Lipinski definition) is 4. The van der Waals surface area contributed by atoms with Gasteiger partial charge < -0.3 is 30.7 Å². The zero-order chi connectivity index (χ0) is 23.4. The minimum absolute atomic E-state index is 0.0564. The predicted molar refractivity (Wildman–Crippen MR) is 115 cm³/mol. The minimum atomic E-state index is -1.59. The Morgan fingerprint density at radius 2 is 1.69 bits per heavy atom. The average Bonchev–Trinajstić information content (AvgIpc) is 2.72. The molecule has 2 aromatic carbocycles. The van der Waals surface area contributed by atoms with E-state index in [0.29, 0.717) is 14.9 Å². The molecule has 1 saturated heterocycles. The standard InChI is InChI=1S/C20H19Cl2F3N2O4S/c21-10-3-11(22)5-12(4-10)32-20-16(30-19(29)17(8-28)31-20)7-27-6-15(26)9-1-13(23)18(25)14(24)2-9/h1-6,16-17,19-20,27-29H,7-8,26H2/b15-6-. The van der Waals surface area contributed by atoms with E-state index in [4.69, 9.17) is 38.4 Å². The van der Waals surface area contributed by atoms with Crippen LogP contribution in [-0.4, -0.2) is 47.3 Å². The summed E-state index contributed by atoms with van der Waals surface area (Å²) in [5.41, 5.74) is 5.01. The Morgan fingerprint density at radius 1 is 1.06 bits per heavy atom. The summed E-state index contributed by atoms with van der Waals surface area (Å²) >= 11 is 13.3. The number of nitrogens with two attached hydrogens (primary N) is 1. The lowest BCUT2D eigenvalue weighted by atomic mass is 10.1. The number of aliphatic hydroxyl groups is 2. The molecule has 2 aromatic rings. The highest BCUT2D eigenvalue weighted by molar-refractivity contribution is 7.99. The van der Waals surface area contributed by atoms with E-state index in [1.165, 1.54) is 18.0 Å². The van der Waals surface area contributed by atoms with Crippen LogP contribution in [0, 0.1) is 17.5 Å². The lowest BCUT2D eigenvalue weighted by Gasteiger charge is -2.38. The number of ether oxygens (including phenoxy) is 2. The number of rotatable bonds is 7. The fourth-order valence-electron chi connectivity index (χ4n) is 2.86. The first-order valence-electron chi connectivity index (χ1n) is 9.24. The molecule has 1 aliphatic rings. The Bertz CT molecular complexity index is 958. The van der Waals surface area contributed by atoms with E-state index in [1.54, 1.807) is 18.2 Å². The maximum atomic E-state index is 13.4. The van der Waals surface area contributed by atoms with Crippen molar-refractivity contribution in [3.05, 3.63) is 69.6 Å². The predicted octanol–water partition coefficient (Wildman–Crippen LogP) is 3.47. The normalized spacial score (nSPS) is 23.9. The molecule has 3 rings (SSSR count). The van der Waals surface area contributed by atoms with Crippen LogP contribution in [0.5, 0.6) is 0 Å². The van der Waals surface area contributed by atoms with E-state index in [1.807, 2.05) is 0 Å². The molecular formula is C20H19Cl2F3N2O4S. The Hall–Kier alpha value is -1.66. The first-order chi connectivity index (χ1) is 15.2. The van der Waals surface area contributed by atoms with Gasteiger partial charge in [0.05, 0.1) is 12.3 Å². The van der Waals surface area contributed by atoms with Crippen LogP contribution >= 0.6 is 35.0 Å². The third kappa shape index (κ3) is 6.22. The molecule has 6 nitrogen and oxygen atoms in total. The lowest BCUT2D eigenvalue weighted by molar-refractivity contribution is -0.270. The quantitative estimate of drug-likeness (QED) is 0.423. The van der Waals surface area contributed by atoms with Crippen molar-refractivity contribution >= 4 is 40.7 Å². The van der Waals surface area contributed by atoms with E-state index in [2.05, 4.69) is 5.32 Å². The lowest BCUT2D eigenvalue weighted by Crippen LogP contribution is -2.52. The van der Waals surface area contributed by atoms with Crippen LogP contribution in [-0.2, 0) is 9.47 Å². The number of thioether (sulfide) groups is 1. The second-order valence-corrected chi connectivity index (χ2v) is 8.82. The van der Waals surface area contributed by atoms with Gasteiger partial charge in [0.2, 0.25) is 0 Å². The second-order valence-electron chi connectivity index (χ2n) is 6.78. The summed E-state index contributed by atoms with van der Waals surface area (Å²) in [4.78, 5) is 0.668. The van der Waals surface area contributed by atoms with Gasteiger partial charge in [0, 0.05) is 33.2 Å². The van der Waals surface area contributed by atoms with Gasteiger partial charge in [-0.3, -0.25) is 0 Å². The monoisotopic (exact) mass is 510 g/mol. The molecule has 4 atom stereocenters. The molecule has 0 aromatic heterocycles. The SMILES string of the molecule is N/C(=C\NCC1OC(O)C(CO)OC1Sc1cc(Cl)cc(Cl)c1)c1cc(F)c(F)c(F)c1. The van der Waals surface area contributed by atoms with Gasteiger partial charge in [0.1, 0.15) is 17.6 Å². The summed E-state index contributed by atoms with van der Waals surface area (Å²) in [6.45, 7) is -0.406. The van der Waals surface area contributed by atoms with Crippen molar-refractivity contribution in [2.24, 2.45) is 5.73 Å². The fraction of sp³-hybridized carbons (Fsp3) is 0.300. The van der Waals surface area contributed by atoms with Crippen molar-refractivity contribution in [2.45, 2.75) is 28.8 Å². The number of aliphatic hydroxyl groups excluding tert-OH is 2. The van der Waals surface area contributed by atoms with Crippen LogP contribution in [0.3, 0.4) is 0 Å². The largest absolute Gasteiger partial charge is 0.397 e. The van der Waals surface area contributed by atoms with Crippen LogP contribution < -0.4 is 11.1 Å². The highest BCUT2D eigenvalue weighted by atomic mass is 35.5. The Balaban J connectivity index is 1.72. The van der Waals surface area contributed by atoms with Crippen molar-refractivity contribution in [1.29, 1.82) is 0 Å². The Morgan fingerprint density at radius 3 is 2.28 bits per heavy atom. The van der Waals surface area contributed by atoms with Gasteiger partial charge in [-0.15, -0.1) is 0 Å². The van der Waals surface area contributed by atoms with Crippen LogP contribution in [0.2, 0.25) is 10.0 Å². The van der Waals surface area contributed by atoms with Gasteiger partial charge in [-0.25, -0.2) is 13.2 Å². The van der Waals surface area contributed by atoms with Crippen molar-refractivity contribution in [2.75, 3.05) is 13.2 Å². The second kappa shape index (κ2) is 11.0. The van der Waals surface area contributed by atoms with Gasteiger partial charge in [-0.05, 0) is 30.3 Å². The summed E-state index contributed by atoms with van der Waals surface area (Å²) in [7, 11) is 0. The molecule has 0 radical (unpaired) electrons. The number of benzene rings is 2. The van der Waals surface area contributed by atoms with E-state index < -0.39 is 48.0 Å². The molecule has 1 fully saturated rings. The Kier molecular flexibility index (Phi) is 8.56. The van der Waals surface area contributed by atoms with Crippen LogP contribution in [0.1, 0.15) is 5.56 Å². The summed E-state index contributed by atoms with van der Waals surface area (Å²) in [5, 5.41) is 23.1. The molecule has 32 heavy (non-hydrogen) atoms. The molecule has 174 valence electrons. The fourth-order valence-corrected chi connectivity index (χ4v) is 4.68. The van der Waals surface area contributed by atoms with Gasteiger partial charge in [0.25, 0.3) is 0 Å². The van der Waals surface area contributed by atoms with E-state index in [0.717, 1.165) is 12.1 Å². The van der Waals surface area contributed by atoms with E-state index in [-0.39, 0.29) is 17.8 Å². The summed E-state index contributed by atoms with van der Waals surface area (Å²) < 4.78 is 51.3. The molecule has 0 aliphatic carbocycles. The van der Waals surface area contributed by atoms with Gasteiger partial charge in [0.15, 0.2) is 23.7 Å². The highest BCUT2D eigenvalue weighted by Crippen LogP contribution is 2.35. The van der Waals surface area contributed by atoms with Crippen molar-refractivity contribution in [1.82, 2.24) is 5.32 Å². The molecule has 12 heteroatoms. The van der Waals surface area contributed by atoms with Gasteiger partial charge >= 0.3 is 0 Å². The molecule has 5 N–H and O–H groups in total. The maximum Gasteiger partial charge on any atom is 0.194 e. The zero-order valence-electron chi connectivity index (χ0n) is 16.3. The molecule has 0 spiro atoms. The summed E-state index contributed by atoms with van der Waals surface area (Å²) in [6, 6.07) is 6.44. The van der Waals surface area contributed by atoms with Crippen molar-refractivity contribution in [3.8, 4) is 0 Å². The number of nitrogens with one attached hydrogen (secondary N) is 1. The van der Waals surface area contributed by atoms with E-state index in [9.17, 15) is 23.4 Å². The summed E-state index contributed by atoms with van der Waals surface area (Å²) in [6.07, 6.45) is -1.82. The van der Waals surface area contributed by atoms with Gasteiger partial charge in [-0.2, -0.15) is 0 Å². The maximum absolute atomic E-state index is 13.4. The van der Waals surface area contributed by atoms with Crippen LogP contribution in [0.4, 0.5) is 13.2 Å².